The average molecular weight is 500 g/mol. The highest BCUT2D eigenvalue weighted by Crippen LogP contribution is 2.38. The molecule has 1 amide bonds. The number of nitrogens with zero attached hydrogens (tertiary/aromatic N) is 1. The van der Waals surface area contributed by atoms with Crippen LogP contribution in [-0.4, -0.2) is 40.6 Å². The first-order chi connectivity index (χ1) is 17.5. The van der Waals surface area contributed by atoms with E-state index in [2.05, 4.69) is 52.0 Å². The number of benzene rings is 3. The van der Waals surface area contributed by atoms with Crippen molar-refractivity contribution in [2.75, 3.05) is 13.1 Å². The van der Waals surface area contributed by atoms with E-state index < -0.39 is 5.97 Å². The van der Waals surface area contributed by atoms with Crippen LogP contribution in [0.2, 0.25) is 0 Å². The monoisotopic (exact) mass is 499 g/mol. The minimum atomic E-state index is -0.911. The molecule has 5 nitrogen and oxygen atoms in total. The SMILES string of the molecule is CC(C)(C)c1ccc(C[C@]2(C)Cc3cc(C(=O)N(CCC(=O)O)CCc4ccccc4)ccc3O2)cc1. The maximum Gasteiger partial charge on any atom is 0.305 e. The maximum absolute atomic E-state index is 13.4. The quantitative estimate of drug-likeness (QED) is 0.387. The predicted molar refractivity (Wildman–Crippen MR) is 146 cm³/mol. The number of ether oxygens (including phenoxy) is 1. The van der Waals surface area contributed by atoms with Crippen molar-refractivity contribution < 1.29 is 19.4 Å². The zero-order valence-corrected chi connectivity index (χ0v) is 22.3. The van der Waals surface area contributed by atoms with E-state index in [1.54, 1.807) is 11.0 Å². The van der Waals surface area contributed by atoms with Gasteiger partial charge in [-0.1, -0.05) is 75.4 Å². The molecule has 37 heavy (non-hydrogen) atoms. The minimum Gasteiger partial charge on any atom is -0.487 e. The second-order valence-electron chi connectivity index (χ2n) is 11.3. The van der Waals surface area contributed by atoms with Crippen LogP contribution < -0.4 is 4.74 Å². The fourth-order valence-electron chi connectivity index (χ4n) is 4.94. The molecule has 1 aliphatic rings. The van der Waals surface area contributed by atoms with Crippen molar-refractivity contribution in [1.29, 1.82) is 0 Å². The van der Waals surface area contributed by atoms with Crippen molar-refractivity contribution >= 4 is 11.9 Å². The fraction of sp³-hybridized carbons (Fsp3) is 0.375. The molecule has 0 unspecified atom stereocenters. The molecule has 0 bridgehead atoms. The number of carboxylic acids is 1. The highest BCUT2D eigenvalue weighted by Gasteiger charge is 2.35. The van der Waals surface area contributed by atoms with Gasteiger partial charge in [-0.2, -0.15) is 0 Å². The Kier molecular flexibility index (Phi) is 7.72. The minimum absolute atomic E-state index is 0.0827. The molecule has 1 heterocycles. The van der Waals surface area contributed by atoms with E-state index in [4.69, 9.17) is 4.74 Å². The number of fused-ring (bicyclic) bond motifs is 1. The topological polar surface area (TPSA) is 66.8 Å². The molecule has 0 radical (unpaired) electrons. The van der Waals surface area contributed by atoms with E-state index in [1.807, 2.05) is 42.5 Å². The molecule has 0 fully saturated rings. The molecule has 4 rings (SSSR count). The molecular weight excluding hydrogens is 462 g/mol. The lowest BCUT2D eigenvalue weighted by Gasteiger charge is -2.25. The molecule has 1 aliphatic heterocycles. The van der Waals surface area contributed by atoms with Crippen molar-refractivity contribution in [2.45, 2.75) is 64.4 Å². The van der Waals surface area contributed by atoms with Gasteiger partial charge in [0.05, 0.1) is 6.42 Å². The number of hydrogen-bond acceptors (Lipinski definition) is 3. The average Bonchev–Trinajstić information content (AvgIpc) is 3.18. The number of amides is 1. The van der Waals surface area contributed by atoms with Gasteiger partial charge in [-0.25, -0.2) is 0 Å². The Morgan fingerprint density at radius 3 is 2.30 bits per heavy atom. The van der Waals surface area contributed by atoms with Crippen molar-refractivity contribution in [3.05, 3.63) is 101 Å². The van der Waals surface area contributed by atoms with Gasteiger partial charge in [0.1, 0.15) is 11.4 Å². The zero-order chi connectivity index (χ0) is 26.6. The summed E-state index contributed by atoms with van der Waals surface area (Å²) in [6, 6.07) is 24.3. The molecule has 0 saturated carbocycles. The normalized spacial score (nSPS) is 16.6. The number of rotatable bonds is 9. The Hall–Kier alpha value is -3.60. The largest absolute Gasteiger partial charge is 0.487 e. The van der Waals surface area contributed by atoms with Crippen molar-refractivity contribution in [3.8, 4) is 5.75 Å². The molecular formula is C32H37NO4. The molecule has 0 aromatic heterocycles. The molecule has 0 aliphatic carbocycles. The third kappa shape index (κ3) is 6.79. The van der Waals surface area contributed by atoms with Crippen molar-refractivity contribution in [3.63, 3.8) is 0 Å². The van der Waals surface area contributed by atoms with Gasteiger partial charge in [0.2, 0.25) is 0 Å². The fourth-order valence-corrected chi connectivity index (χ4v) is 4.94. The van der Waals surface area contributed by atoms with Crippen molar-refractivity contribution in [1.82, 2.24) is 4.90 Å². The van der Waals surface area contributed by atoms with Gasteiger partial charge in [-0.05, 0) is 59.2 Å². The molecule has 3 aromatic carbocycles. The predicted octanol–water partition coefficient (Wildman–Crippen LogP) is 6.08. The second-order valence-corrected chi connectivity index (χ2v) is 11.3. The van der Waals surface area contributed by atoms with Crippen LogP contribution in [0.1, 0.15) is 66.7 Å². The van der Waals surface area contributed by atoms with Crippen LogP contribution in [0.5, 0.6) is 5.75 Å². The van der Waals surface area contributed by atoms with E-state index in [1.165, 1.54) is 11.1 Å². The Balaban J connectivity index is 1.46. The molecule has 3 aromatic rings. The summed E-state index contributed by atoms with van der Waals surface area (Å²) in [5.74, 6) is -0.246. The van der Waals surface area contributed by atoms with Crippen LogP contribution in [0.3, 0.4) is 0 Å². The van der Waals surface area contributed by atoms with Gasteiger partial charge >= 0.3 is 5.97 Å². The lowest BCUT2D eigenvalue weighted by Crippen LogP contribution is -2.35. The number of hydrogen-bond donors (Lipinski definition) is 1. The van der Waals surface area contributed by atoms with Gasteiger partial charge in [-0.3, -0.25) is 9.59 Å². The van der Waals surface area contributed by atoms with Crippen LogP contribution in [0.25, 0.3) is 0 Å². The molecule has 1 atom stereocenters. The van der Waals surface area contributed by atoms with Gasteiger partial charge in [-0.15, -0.1) is 0 Å². The van der Waals surface area contributed by atoms with Crippen molar-refractivity contribution in [2.24, 2.45) is 0 Å². The van der Waals surface area contributed by atoms with Gasteiger partial charge in [0.15, 0.2) is 0 Å². The first kappa shape index (κ1) is 26.5. The molecule has 1 N–H and O–H groups in total. The number of carbonyl (C=O) groups excluding carboxylic acids is 1. The third-order valence-electron chi connectivity index (χ3n) is 7.02. The lowest BCUT2D eigenvalue weighted by molar-refractivity contribution is -0.137. The lowest BCUT2D eigenvalue weighted by atomic mass is 9.85. The number of aliphatic carboxylic acids is 1. The van der Waals surface area contributed by atoms with Crippen LogP contribution in [0.4, 0.5) is 0 Å². The maximum atomic E-state index is 13.4. The summed E-state index contributed by atoms with van der Waals surface area (Å²) in [6.45, 7) is 9.39. The first-order valence-electron chi connectivity index (χ1n) is 13.0. The van der Waals surface area contributed by atoms with Gasteiger partial charge in [0.25, 0.3) is 5.91 Å². The molecule has 194 valence electrons. The zero-order valence-electron chi connectivity index (χ0n) is 22.3. The third-order valence-corrected chi connectivity index (χ3v) is 7.02. The summed E-state index contributed by atoms with van der Waals surface area (Å²) in [5.41, 5.74) is 4.96. The highest BCUT2D eigenvalue weighted by molar-refractivity contribution is 5.95. The Morgan fingerprint density at radius 2 is 1.65 bits per heavy atom. The van der Waals surface area contributed by atoms with Crippen LogP contribution in [0.15, 0.2) is 72.8 Å². The number of carbonyl (C=O) groups is 2. The first-order valence-corrected chi connectivity index (χ1v) is 13.0. The second kappa shape index (κ2) is 10.8. The van der Waals surface area contributed by atoms with E-state index in [9.17, 15) is 14.7 Å². The van der Waals surface area contributed by atoms with Gasteiger partial charge < -0.3 is 14.7 Å². The highest BCUT2D eigenvalue weighted by atomic mass is 16.5. The Labute approximate surface area is 220 Å². The summed E-state index contributed by atoms with van der Waals surface area (Å²) < 4.78 is 6.37. The molecule has 0 saturated heterocycles. The Morgan fingerprint density at radius 1 is 0.946 bits per heavy atom. The standard InChI is InChI=1S/C32H37NO4/c1-31(2,3)27-13-10-24(11-14-27)21-32(4)22-26-20-25(12-15-28(26)37-32)30(36)33(19-17-29(34)35)18-16-23-8-6-5-7-9-23/h5-15,20H,16-19,21-22H2,1-4H3,(H,34,35)/t32-/m1/s1. The molecule has 5 heteroatoms. The summed E-state index contributed by atoms with van der Waals surface area (Å²) in [6.07, 6.45) is 2.08. The van der Waals surface area contributed by atoms with Crippen LogP contribution in [-0.2, 0) is 29.5 Å². The van der Waals surface area contributed by atoms with Crippen LogP contribution >= 0.6 is 0 Å². The Bertz CT molecular complexity index is 1240. The van der Waals surface area contributed by atoms with E-state index in [-0.39, 0.29) is 29.9 Å². The summed E-state index contributed by atoms with van der Waals surface area (Å²) in [5, 5.41) is 9.21. The summed E-state index contributed by atoms with van der Waals surface area (Å²) >= 11 is 0. The van der Waals surface area contributed by atoms with Crippen LogP contribution in [0, 0.1) is 0 Å². The summed E-state index contributed by atoms with van der Waals surface area (Å²) in [4.78, 5) is 26.3. The molecule has 0 spiro atoms. The van der Waals surface area contributed by atoms with E-state index in [0.29, 0.717) is 24.9 Å². The summed E-state index contributed by atoms with van der Waals surface area (Å²) in [7, 11) is 0. The van der Waals surface area contributed by atoms with E-state index >= 15 is 0 Å². The number of carboxylic acid groups (broad SMARTS) is 1. The van der Waals surface area contributed by atoms with Gasteiger partial charge in [0, 0.05) is 31.5 Å². The van der Waals surface area contributed by atoms with E-state index in [0.717, 1.165) is 23.3 Å². The smallest absolute Gasteiger partial charge is 0.305 e.